The maximum atomic E-state index is 13.0. The van der Waals surface area contributed by atoms with E-state index in [-0.39, 0.29) is 38.2 Å². The number of rotatable bonds is 7. The molecule has 1 N–H and O–H groups in total. The highest BCUT2D eigenvalue weighted by Crippen LogP contribution is 2.39. The number of carbonyl (C=O) groups is 2. The van der Waals surface area contributed by atoms with Crippen LogP contribution in [0.2, 0.25) is 0 Å². The Balaban J connectivity index is 2.21. The van der Waals surface area contributed by atoms with Gasteiger partial charge in [0.05, 0.1) is 15.4 Å². The summed E-state index contributed by atoms with van der Waals surface area (Å²) in [6.07, 6.45) is 4.59. The van der Waals surface area contributed by atoms with Crippen molar-refractivity contribution in [3.05, 3.63) is 58.7 Å². The third-order valence-corrected chi connectivity index (χ3v) is 7.28. The molecule has 0 aliphatic carbocycles. The van der Waals surface area contributed by atoms with Gasteiger partial charge in [-0.3, -0.25) is 4.79 Å². The number of hydrogen-bond acceptors (Lipinski definition) is 4. The number of ketones is 1. The molecule has 148 valence electrons. The molecule has 1 aliphatic heterocycles. The normalized spacial score (nSPS) is 15.6. The second-order valence-electron chi connectivity index (χ2n) is 7.17. The summed E-state index contributed by atoms with van der Waals surface area (Å²) in [5, 5.41) is 9.73. The summed E-state index contributed by atoms with van der Waals surface area (Å²) < 4.78 is 26.1. The maximum Gasteiger partial charge on any atom is 0.336 e. The molecule has 0 fully saturated rings. The van der Waals surface area contributed by atoms with E-state index >= 15 is 0 Å². The van der Waals surface area contributed by atoms with Crippen molar-refractivity contribution in [3.8, 4) is 0 Å². The maximum absolute atomic E-state index is 13.0. The van der Waals surface area contributed by atoms with Crippen LogP contribution in [0.25, 0.3) is 0 Å². The molecule has 2 aromatic carbocycles. The van der Waals surface area contributed by atoms with Crippen molar-refractivity contribution in [2.24, 2.45) is 0 Å². The van der Waals surface area contributed by atoms with E-state index < -0.39 is 15.8 Å². The second kappa shape index (κ2) is 7.87. The van der Waals surface area contributed by atoms with Crippen molar-refractivity contribution in [1.29, 1.82) is 0 Å². The zero-order valence-corrected chi connectivity index (χ0v) is 16.9. The van der Waals surface area contributed by atoms with Gasteiger partial charge in [0.15, 0.2) is 5.78 Å². The average Bonchev–Trinajstić information content (AvgIpc) is 2.69. The van der Waals surface area contributed by atoms with E-state index in [0.29, 0.717) is 5.56 Å². The van der Waals surface area contributed by atoms with Gasteiger partial charge in [-0.15, -0.1) is 0 Å². The summed E-state index contributed by atoms with van der Waals surface area (Å²) in [6.45, 7) is 4.08. The molecule has 5 nitrogen and oxygen atoms in total. The Morgan fingerprint density at radius 3 is 2.39 bits per heavy atom. The largest absolute Gasteiger partial charge is 0.478 e. The molecule has 0 radical (unpaired) electrons. The van der Waals surface area contributed by atoms with E-state index in [2.05, 4.69) is 6.92 Å². The van der Waals surface area contributed by atoms with E-state index in [4.69, 9.17) is 0 Å². The minimum absolute atomic E-state index is 0.0298. The molecule has 0 saturated heterocycles. The predicted octanol–water partition coefficient (Wildman–Crippen LogP) is 4.84. The SMILES string of the molecule is CCCCCC(CC)c1cc2c(cc1C(=O)O)S(=O)(=O)c1ccccc1C2=O. The molecule has 0 amide bonds. The van der Waals surface area contributed by atoms with Crippen molar-refractivity contribution in [2.45, 2.75) is 61.7 Å². The summed E-state index contributed by atoms with van der Waals surface area (Å²) in [7, 11) is -3.94. The molecule has 1 heterocycles. The average molecular weight is 400 g/mol. The van der Waals surface area contributed by atoms with Crippen molar-refractivity contribution < 1.29 is 23.1 Å². The molecule has 6 heteroatoms. The highest BCUT2D eigenvalue weighted by molar-refractivity contribution is 7.91. The van der Waals surface area contributed by atoms with Gasteiger partial charge in [-0.25, -0.2) is 13.2 Å². The molecular formula is C22H24O5S. The first kappa shape index (κ1) is 20.3. The third-order valence-electron chi connectivity index (χ3n) is 5.43. The number of carboxylic acids is 1. The Hall–Kier alpha value is -2.47. The number of unbranched alkanes of at least 4 members (excludes halogenated alkanes) is 2. The Bertz CT molecular complexity index is 1040. The zero-order chi connectivity index (χ0) is 20.5. The summed E-state index contributed by atoms with van der Waals surface area (Å²) >= 11 is 0. The fourth-order valence-electron chi connectivity index (χ4n) is 3.89. The van der Waals surface area contributed by atoms with E-state index in [9.17, 15) is 23.1 Å². The lowest BCUT2D eigenvalue weighted by atomic mass is 9.85. The number of sulfone groups is 1. The summed E-state index contributed by atoms with van der Waals surface area (Å²) in [6, 6.07) is 8.76. The molecule has 0 aromatic heterocycles. The minimum atomic E-state index is -3.94. The van der Waals surface area contributed by atoms with Crippen molar-refractivity contribution >= 4 is 21.6 Å². The summed E-state index contributed by atoms with van der Waals surface area (Å²) in [5.41, 5.74) is 0.737. The number of carboxylic acid groups (broad SMARTS) is 1. The second-order valence-corrected chi connectivity index (χ2v) is 9.06. The van der Waals surface area contributed by atoms with Crippen LogP contribution in [0.15, 0.2) is 46.2 Å². The van der Waals surface area contributed by atoms with E-state index in [0.717, 1.165) is 32.1 Å². The Morgan fingerprint density at radius 1 is 1.04 bits per heavy atom. The van der Waals surface area contributed by atoms with E-state index in [1.54, 1.807) is 12.1 Å². The van der Waals surface area contributed by atoms with E-state index in [1.807, 2.05) is 6.92 Å². The molecule has 0 saturated carbocycles. The first-order valence-corrected chi connectivity index (χ1v) is 11.1. The molecule has 3 rings (SSSR count). The molecule has 2 aromatic rings. The smallest absolute Gasteiger partial charge is 0.336 e. The lowest BCUT2D eigenvalue weighted by Crippen LogP contribution is -2.22. The quantitative estimate of drug-likeness (QED) is 0.574. The summed E-state index contributed by atoms with van der Waals surface area (Å²) in [4.78, 5) is 24.6. The molecule has 0 spiro atoms. The monoisotopic (exact) mass is 400 g/mol. The van der Waals surface area contributed by atoms with Gasteiger partial charge < -0.3 is 5.11 Å². The predicted molar refractivity (Wildman–Crippen MR) is 106 cm³/mol. The van der Waals surface area contributed by atoms with Gasteiger partial charge in [-0.2, -0.15) is 0 Å². The number of carbonyl (C=O) groups excluding carboxylic acids is 1. The number of aromatic carboxylic acids is 1. The molecule has 1 unspecified atom stereocenters. The first-order chi connectivity index (χ1) is 13.3. The van der Waals surface area contributed by atoms with Gasteiger partial charge in [-0.05, 0) is 48.6 Å². The van der Waals surface area contributed by atoms with Crippen molar-refractivity contribution in [1.82, 2.24) is 0 Å². The van der Waals surface area contributed by atoms with Crippen LogP contribution in [-0.2, 0) is 9.84 Å². The lowest BCUT2D eigenvalue weighted by Gasteiger charge is -2.23. The molecule has 28 heavy (non-hydrogen) atoms. The summed E-state index contributed by atoms with van der Waals surface area (Å²) in [5.74, 6) is -1.58. The number of hydrogen-bond donors (Lipinski definition) is 1. The van der Waals surface area contributed by atoms with Crippen LogP contribution < -0.4 is 0 Å². The fourth-order valence-corrected chi connectivity index (χ4v) is 5.55. The van der Waals surface area contributed by atoms with Gasteiger partial charge in [-0.1, -0.05) is 45.2 Å². The highest BCUT2D eigenvalue weighted by atomic mass is 32.2. The molecule has 1 aliphatic rings. The van der Waals surface area contributed by atoms with Crippen molar-refractivity contribution in [3.63, 3.8) is 0 Å². The highest BCUT2D eigenvalue weighted by Gasteiger charge is 2.36. The van der Waals surface area contributed by atoms with Crippen molar-refractivity contribution in [2.75, 3.05) is 0 Å². The van der Waals surface area contributed by atoms with Gasteiger partial charge >= 0.3 is 5.97 Å². The molecule has 1 atom stereocenters. The van der Waals surface area contributed by atoms with Gasteiger partial charge in [0.1, 0.15) is 0 Å². The van der Waals surface area contributed by atoms with E-state index in [1.165, 1.54) is 24.3 Å². The van der Waals surface area contributed by atoms with Crippen LogP contribution >= 0.6 is 0 Å². The van der Waals surface area contributed by atoms with Crippen LogP contribution in [-0.4, -0.2) is 25.3 Å². The van der Waals surface area contributed by atoms with Crippen LogP contribution in [0, 0.1) is 0 Å². The number of benzene rings is 2. The lowest BCUT2D eigenvalue weighted by molar-refractivity contribution is 0.0694. The van der Waals surface area contributed by atoms with Gasteiger partial charge in [0.25, 0.3) is 0 Å². The topological polar surface area (TPSA) is 88.5 Å². The Morgan fingerprint density at radius 2 is 1.75 bits per heavy atom. The molecular weight excluding hydrogens is 376 g/mol. The molecule has 0 bridgehead atoms. The minimum Gasteiger partial charge on any atom is -0.478 e. The van der Waals surface area contributed by atoms with Crippen LogP contribution in [0.3, 0.4) is 0 Å². The van der Waals surface area contributed by atoms with Gasteiger partial charge in [0, 0.05) is 11.1 Å². The van der Waals surface area contributed by atoms with Crippen LogP contribution in [0.1, 0.15) is 83.7 Å². The zero-order valence-electron chi connectivity index (χ0n) is 16.1. The fraction of sp³-hybridized carbons (Fsp3) is 0.364. The first-order valence-electron chi connectivity index (χ1n) is 9.62. The standard InChI is InChI=1S/C22H24O5S/c1-3-5-6-9-14(4-2)16-12-18-20(13-17(16)22(24)25)28(26,27)19-11-8-7-10-15(19)21(18)23/h7-8,10-14H,3-6,9H2,1-2H3,(H,24,25). The van der Waals surface area contributed by atoms with Crippen LogP contribution in [0.4, 0.5) is 0 Å². The Labute approximate surface area is 165 Å². The third kappa shape index (κ3) is 3.37. The Kier molecular flexibility index (Phi) is 5.70. The van der Waals surface area contributed by atoms with Crippen LogP contribution in [0.5, 0.6) is 0 Å². The van der Waals surface area contributed by atoms with Gasteiger partial charge in [0.2, 0.25) is 9.84 Å². The number of fused-ring (bicyclic) bond motifs is 2.